The SMILES string of the molecule is COc1ccc(CN(C(=O)CSc2ncn[nH]2)C2CC2)cc1. The van der Waals surface area contributed by atoms with E-state index in [4.69, 9.17) is 4.74 Å². The molecule has 1 aliphatic carbocycles. The molecule has 0 radical (unpaired) electrons. The highest BCUT2D eigenvalue weighted by Gasteiger charge is 2.32. The summed E-state index contributed by atoms with van der Waals surface area (Å²) in [7, 11) is 1.65. The van der Waals surface area contributed by atoms with E-state index in [1.807, 2.05) is 29.2 Å². The molecule has 3 rings (SSSR count). The van der Waals surface area contributed by atoms with Crippen LogP contribution in [-0.4, -0.2) is 44.9 Å². The van der Waals surface area contributed by atoms with Gasteiger partial charge in [0.25, 0.3) is 0 Å². The molecule has 1 N–H and O–H groups in total. The number of nitrogens with one attached hydrogen (secondary N) is 1. The largest absolute Gasteiger partial charge is 0.497 e. The number of methoxy groups -OCH3 is 1. The summed E-state index contributed by atoms with van der Waals surface area (Å²) >= 11 is 1.38. The quantitative estimate of drug-likeness (QED) is 0.792. The number of carbonyl (C=O) groups is 1. The minimum atomic E-state index is 0.139. The number of H-pyrrole nitrogens is 1. The monoisotopic (exact) mass is 318 g/mol. The molecule has 0 spiro atoms. The Bertz CT molecular complexity index is 611. The second-order valence-electron chi connectivity index (χ2n) is 5.18. The lowest BCUT2D eigenvalue weighted by Crippen LogP contribution is -2.34. The molecule has 0 bridgehead atoms. The summed E-state index contributed by atoms with van der Waals surface area (Å²) < 4.78 is 5.16. The van der Waals surface area contributed by atoms with Crippen molar-refractivity contribution < 1.29 is 9.53 Å². The first kappa shape index (κ1) is 14.9. The van der Waals surface area contributed by atoms with Crippen molar-refractivity contribution in [2.45, 2.75) is 30.6 Å². The molecule has 6 nitrogen and oxygen atoms in total. The predicted octanol–water partition coefficient (Wildman–Crippen LogP) is 2.10. The lowest BCUT2D eigenvalue weighted by Gasteiger charge is -2.22. The fourth-order valence-corrected chi connectivity index (χ4v) is 2.88. The Morgan fingerprint density at radius 2 is 2.18 bits per heavy atom. The number of ether oxygens (including phenoxy) is 1. The van der Waals surface area contributed by atoms with Gasteiger partial charge in [-0.25, -0.2) is 4.98 Å². The van der Waals surface area contributed by atoms with Gasteiger partial charge in [-0.05, 0) is 30.5 Å². The van der Waals surface area contributed by atoms with Gasteiger partial charge >= 0.3 is 0 Å². The number of benzene rings is 1. The highest BCUT2D eigenvalue weighted by molar-refractivity contribution is 7.99. The fourth-order valence-electron chi connectivity index (χ4n) is 2.21. The number of aromatic nitrogens is 3. The van der Waals surface area contributed by atoms with Gasteiger partial charge in [0, 0.05) is 12.6 Å². The van der Waals surface area contributed by atoms with E-state index in [0.29, 0.717) is 23.5 Å². The van der Waals surface area contributed by atoms with Gasteiger partial charge in [0.2, 0.25) is 5.91 Å². The van der Waals surface area contributed by atoms with Crippen LogP contribution in [0.2, 0.25) is 0 Å². The van der Waals surface area contributed by atoms with Crippen molar-refractivity contribution in [3.63, 3.8) is 0 Å². The van der Waals surface area contributed by atoms with Gasteiger partial charge in [0.1, 0.15) is 12.1 Å². The van der Waals surface area contributed by atoms with Crippen LogP contribution in [0.25, 0.3) is 0 Å². The Morgan fingerprint density at radius 3 is 2.77 bits per heavy atom. The zero-order valence-corrected chi connectivity index (χ0v) is 13.2. The number of amides is 1. The smallest absolute Gasteiger partial charge is 0.233 e. The van der Waals surface area contributed by atoms with Crippen LogP contribution in [0, 0.1) is 0 Å². The molecule has 1 amide bonds. The number of hydrogen-bond acceptors (Lipinski definition) is 5. The van der Waals surface area contributed by atoms with E-state index in [1.165, 1.54) is 18.1 Å². The van der Waals surface area contributed by atoms with E-state index in [1.54, 1.807) is 7.11 Å². The zero-order valence-electron chi connectivity index (χ0n) is 12.4. The molecule has 0 saturated heterocycles. The van der Waals surface area contributed by atoms with Gasteiger partial charge in [-0.1, -0.05) is 23.9 Å². The summed E-state index contributed by atoms with van der Waals surface area (Å²) in [5.74, 6) is 1.34. The van der Waals surface area contributed by atoms with E-state index >= 15 is 0 Å². The maximum Gasteiger partial charge on any atom is 0.233 e. The molecular formula is C15H18N4O2S. The van der Waals surface area contributed by atoms with E-state index in [9.17, 15) is 4.79 Å². The molecule has 1 heterocycles. The molecule has 22 heavy (non-hydrogen) atoms. The third-order valence-corrected chi connectivity index (χ3v) is 4.41. The molecule has 0 unspecified atom stereocenters. The van der Waals surface area contributed by atoms with E-state index in [2.05, 4.69) is 15.2 Å². The zero-order chi connectivity index (χ0) is 15.4. The maximum absolute atomic E-state index is 12.5. The summed E-state index contributed by atoms with van der Waals surface area (Å²) in [6.07, 6.45) is 3.63. The van der Waals surface area contributed by atoms with E-state index < -0.39 is 0 Å². The third-order valence-electron chi connectivity index (χ3n) is 3.55. The van der Waals surface area contributed by atoms with Crippen molar-refractivity contribution >= 4 is 17.7 Å². The van der Waals surface area contributed by atoms with Crippen LogP contribution < -0.4 is 4.74 Å². The standard InChI is InChI=1S/C15H18N4O2S/c1-21-13-6-2-11(3-7-13)8-19(12-4-5-12)14(20)9-22-15-16-10-17-18-15/h2-3,6-7,10,12H,4-5,8-9H2,1H3,(H,16,17,18). The Balaban J connectivity index is 1.60. The lowest BCUT2D eigenvalue weighted by atomic mass is 10.2. The van der Waals surface area contributed by atoms with Gasteiger partial charge < -0.3 is 9.64 Å². The van der Waals surface area contributed by atoms with Crippen LogP contribution in [0.4, 0.5) is 0 Å². The van der Waals surface area contributed by atoms with Gasteiger partial charge in [0.15, 0.2) is 5.16 Å². The Labute approximate surface area is 133 Å². The van der Waals surface area contributed by atoms with Crippen molar-refractivity contribution in [2.75, 3.05) is 12.9 Å². The number of carbonyl (C=O) groups excluding carboxylic acids is 1. The summed E-state index contributed by atoms with van der Waals surface area (Å²) in [6.45, 7) is 0.643. The molecule has 1 aromatic heterocycles. The van der Waals surface area contributed by atoms with Crippen LogP contribution in [0.1, 0.15) is 18.4 Å². The second kappa shape index (κ2) is 6.83. The van der Waals surface area contributed by atoms with E-state index in [0.717, 1.165) is 24.2 Å². The highest BCUT2D eigenvalue weighted by atomic mass is 32.2. The average molecular weight is 318 g/mol. The van der Waals surface area contributed by atoms with Crippen LogP contribution in [0.5, 0.6) is 5.75 Å². The molecule has 0 aliphatic heterocycles. The molecule has 116 valence electrons. The molecule has 0 atom stereocenters. The first-order chi connectivity index (χ1) is 10.8. The lowest BCUT2D eigenvalue weighted by molar-refractivity contribution is -0.129. The second-order valence-corrected chi connectivity index (χ2v) is 6.14. The summed E-state index contributed by atoms with van der Waals surface area (Å²) in [6, 6.07) is 8.24. The molecule has 1 saturated carbocycles. The van der Waals surface area contributed by atoms with Gasteiger partial charge in [-0.3, -0.25) is 9.89 Å². The van der Waals surface area contributed by atoms with Crippen LogP contribution in [-0.2, 0) is 11.3 Å². The van der Waals surface area contributed by atoms with Crippen LogP contribution in [0.15, 0.2) is 35.7 Å². The highest BCUT2D eigenvalue weighted by Crippen LogP contribution is 2.29. The summed E-state index contributed by atoms with van der Waals surface area (Å²) in [4.78, 5) is 18.5. The minimum absolute atomic E-state index is 0.139. The predicted molar refractivity (Wildman–Crippen MR) is 83.7 cm³/mol. The van der Waals surface area contributed by atoms with Gasteiger partial charge in [0.05, 0.1) is 12.9 Å². The molecule has 1 aromatic carbocycles. The van der Waals surface area contributed by atoms with Crippen molar-refractivity contribution in [3.05, 3.63) is 36.2 Å². The van der Waals surface area contributed by atoms with Crippen molar-refractivity contribution in [2.24, 2.45) is 0 Å². The first-order valence-corrected chi connectivity index (χ1v) is 8.15. The summed E-state index contributed by atoms with van der Waals surface area (Å²) in [5, 5.41) is 7.21. The minimum Gasteiger partial charge on any atom is -0.497 e. The average Bonchev–Trinajstić information content (AvgIpc) is 3.26. The number of hydrogen-bond donors (Lipinski definition) is 1. The van der Waals surface area contributed by atoms with Gasteiger partial charge in [-0.2, -0.15) is 5.10 Å². The normalized spacial score (nSPS) is 13.9. The van der Waals surface area contributed by atoms with Crippen molar-refractivity contribution in [3.8, 4) is 5.75 Å². The molecule has 1 fully saturated rings. The van der Waals surface area contributed by atoms with Crippen molar-refractivity contribution in [1.82, 2.24) is 20.1 Å². The van der Waals surface area contributed by atoms with Crippen molar-refractivity contribution in [1.29, 1.82) is 0 Å². The molecule has 7 heteroatoms. The van der Waals surface area contributed by atoms with E-state index in [-0.39, 0.29) is 5.91 Å². The van der Waals surface area contributed by atoms with Crippen LogP contribution in [0.3, 0.4) is 0 Å². The first-order valence-electron chi connectivity index (χ1n) is 7.17. The van der Waals surface area contributed by atoms with Crippen LogP contribution >= 0.6 is 11.8 Å². The fraction of sp³-hybridized carbons (Fsp3) is 0.400. The van der Waals surface area contributed by atoms with Gasteiger partial charge in [-0.15, -0.1) is 0 Å². The molecule has 2 aromatic rings. The molecule has 1 aliphatic rings. The summed E-state index contributed by atoms with van der Waals surface area (Å²) in [5.41, 5.74) is 1.12. The number of rotatable bonds is 7. The topological polar surface area (TPSA) is 71.1 Å². The number of thioether (sulfide) groups is 1. The number of nitrogens with zero attached hydrogens (tertiary/aromatic N) is 3. The Kier molecular flexibility index (Phi) is 4.62. The Morgan fingerprint density at radius 1 is 1.41 bits per heavy atom. The number of aromatic amines is 1. The Hall–Kier alpha value is -2.02. The third kappa shape index (κ3) is 3.79. The maximum atomic E-state index is 12.5. The molecular weight excluding hydrogens is 300 g/mol.